The number of hydrogen-bond donors (Lipinski definition) is 4. The number of aliphatic carboxylic acids is 2. The molecule has 1 aromatic rings. The number of nitrogens with two attached hydrogens (primary N) is 1. The van der Waals surface area contributed by atoms with Gasteiger partial charge in [0.05, 0.1) is 0 Å². The van der Waals surface area contributed by atoms with Gasteiger partial charge in [-0.25, -0.2) is 9.59 Å². The van der Waals surface area contributed by atoms with E-state index < -0.39 is 11.9 Å². The average molecular weight is 340 g/mol. The Morgan fingerprint density at radius 3 is 2.21 bits per heavy atom. The summed E-state index contributed by atoms with van der Waals surface area (Å²) in [5.74, 6) is -2.65. The largest absolute Gasteiger partial charge is 0.492 e. The molecule has 0 saturated heterocycles. The molecule has 1 rings (SSSR count). The monoisotopic (exact) mass is 340 g/mol. The van der Waals surface area contributed by atoms with Gasteiger partial charge in [0.2, 0.25) is 0 Å². The molecule has 0 unspecified atom stereocenters. The van der Waals surface area contributed by atoms with E-state index in [1.165, 1.54) is 11.1 Å². The highest BCUT2D eigenvalue weighted by atomic mass is 16.5. The van der Waals surface area contributed by atoms with Crippen LogP contribution in [0.4, 0.5) is 0 Å². The van der Waals surface area contributed by atoms with E-state index in [4.69, 9.17) is 30.3 Å². The number of nitrogens with one attached hydrogen (secondary N) is 1. The fraction of sp³-hybridized carbons (Fsp3) is 0.529. The van der Waals surface area contributed by atoms with Gasteiger partial charge in [0.1, 0.15) is 12.4 Å². The lowest BCUT2D eigenvalue weighted by Gasteiger charge is -2.23. The van der Waals surface area contributed by atoms with Gasteiger partial charge in [0.15, 0.2) is 0 Å². The summed E-state index contributed by atoms with van der Waals surface area (Å²) in [4.78, 5) is 18.2. The number of ether oxygens (including phenoxy) is 1. The van der Waals surface area contributed by atoms with Crippen molar-refractivity contribution in [3.05, 3.63) is 29.3 Å². The molecule has 0 aromatic heterocycles. The van der Waals surface area contributed by atoms with Gasteiger partial charge < -0.3 is 26.0 Å². The molecule has 0 atom stereocenters. The third-order valence-corrected chi connectivity index (χ3v) is 2.99. The SMILES string of the molecule is Cc1ccc(C(C)(C)C)c(OCCNCCN)c1.O=C(O)C(=O)O. The van der Waals surface area contributed by atoms with Gasteiger partial charge in [-0.05, 0) is 29.5 Å². The molecule has 0 heterocycles. The average Bonchev–Trinajstić information content (AvgIpc) is 2.46. The van der Waals surface area contributed by atoms with E-state index in [-0.39, 0.29) is 5.41 Å². The molecule has 0 aliphatic rings. The minimum absolute atomic E-state index is 0.105. The first-order valence-electron chi connectivity index (χ1n) is 7.70. The molecule has 0 spiro atoms. The van der Waals surface area contributed by atoms with E-state index in [9.17, 15) is 0 Å². The third kappa shape index (κ3) is 9.12. The van der Waals surface area contributed by atoms with E-state index in [2.05, 4.69) is 51.2 Å². The summed E-state index contributed by atoms with van der Waals surface area (Å²) >= 11 is 0. The molecular formula is C17H28N2O5. The number of rotatable bonds is 6. The number of carboxylic acid groups (broad SMARTS) is 2. The van der Waals surface area contributed by atoms with E-state index in [0.717, 1.165) is 18.8 Å². The molecule has 1 aromatic carbocycles. The van der Waals surface area contributed by atoms with Crippen molar-refractivity contribution in [3.8, 4) is 5.75 Å². The van der Waals surface area contributed by atoms with Crippen molar-refractivity contribution in [1.29, 1.82) is 0 Å². The first kappa shape index (κ1) is 21.9. The molecule has 0 aliphatic heterocycles. The van der Waals surface area contributed by atoms with Crippen LogP contribution in [-0.4, -0.2) is 48.4 Å². The molecule has 7 heteroatoms. The lowest BCUT2D eigenvalue weighted by molar-refractivity contribution is -0.159. The van der Waals surface area contributed by atoms with Gasteiger partial charge in [0, 0.05) is 19.6 Å². The molecule has 0 fully saturated rings. The van der Waals surface area contributed by atoms with Gasteiger partial charge in [-0.15, -0.1) is 0 Å². The summed E-state index contributed by atoms with van der Waals surface area (Å²) in [6.45, 7) is 11.7. The predicted molar refractivity (Wildman–Crippen MR) is 92.6 cm³/mol. The van der Waals surface area contributed by atoms with E-state index in [1.807, 2.05) is 0 Å². The highest BCUT2D eigenvalue weighted by molar-refractivity contribution is 6.27. The summed E-state index contributed by atoms with van der Waals surface area (Å²) in [6.07, 6.45) is 0. The van der Waals surface area contributed by atoms with Crippen LogP contribution in [0.3, 0.4) is 0 Å². The summed E-state index contributed by atoms with van der Waals surface area (Å²) in [6, 6.07) is 6.42. The van der Waals surface area contributed by atoms with Crippen molar-refractivity contribution in [2.75, 3.05) is 26.2 Å². The molecule has 0 amide bonds. The number of aryl methyl sites for hydroxylation is 1. The second-order valence-electron chi connectivity index (χ2n) is 6.25. The second-order valence-corrected chi connectivity index (χ2v) is 6.25. The van der Waals surface area contributed by atoms with E-state index in [0.29, 0.717) is 13.2 Å². The molecule has 0 radical (unpaired) electrons. The predicted octanol–water partition coefficient (Wildman–Crippen LogP) is 1.38. The van der Waals surface area contributed by atoms with Crippen LogP contribution in [0.5, 0.6) is 5.75 Å². The van der Waals surface area contributed by atoms with Gasteiger partial charge >= 0.3 is 11.9 Å². The van der Waals surface area contributed by atoms with Gasteiger partial charge in [-0.2, -0.15) is 0 Å². The standard InChI is InChI=1S/C15H26N2O.C2H2O4/c1-12-5-6-13(15(2,3)4)14(11-12)18-10-9-17-8-7-16;3-1(4)2(5)6/h5-6,11,17H,7-10,16H2,1-4H3;(H,3,4)(H,5,6). The molecule has 0 bridgehead atoms. The highest BCUT2D eigenvalue weighted by Gasteiger charge is 2.18. The first-order valence-corrected chi connectivity index (χ1v) is 7.70. The smallest absolute Gasteiger partial charge is 0.414 e. The molecule has 5 N–H and O–H groups in total. The van der Waals surface area contributed by atoms with Crippen LogP contribution in [0, 0.1) is 6.92 Å². The van der Waals surface area contributed by atoms with Gasteiger partial charge in [-0.3, -0.25) is 0 Å². The van der Waals surface area contributed by atoms with Gasteiger partial charge in [0.25, 0.3) is 0 Å². The fourth-order valence-electron chi connectivity index (χ4n) is 1.83. The fourth-order valence-corrected chi connectivity index (χ4v) is 1.83. The Hall–Kier alpha value is -2.12. The van der Waals surface area contributed by atoms with Crippen molar-refractivity contribution >= 4 is 11.9 Å². The number of carbonyl (C=O) groups is 2. The molecule has 0 saturated carbocycles. The van der Waals surface area contributed by atoms with Crippen LogP contribution in [0.15, 0.2) is 18.2 Å². The van der Waals surface area contributed by atoms with Gasteiger partial charge in [-0.1, -0.05) is 32.9 Å². The van der Waals surface area contributed by atoms with Crippen LogP contribution < -0.4 is 15.8 Å². The Labute approximate surface area is 142 Å². The first-order chi connectivity index (χ1) is 11.1. The molecule has 7 nitrogen and oxygen atoms in total. The summed E-state index contributed by atoms with van der Waals surface area (Å²) in [5.41, 5.74) is 8.01. The summed E-state index contributed by atoms with van der Waals surface area (Å²) in [7, 11) is 0. The molecule has 136 valence electrons. The lowest BCUT2D eigenvalue weighted by Crippen LogP contribution is -2.27. The summed E-state index contributed by atoms with van der Waals surface area (Å²) < 4.78 is 5.89. The van der Waals surface area contributed by atoms with Crippen molar-refractivity contribution in [1.82, 2.24) is 5.32 Å². The van der Waals surface area contributed by atoms with Crippen LogP contribution in [0.2, 0.25) is 0 Å². The van der Waals surface area contributed by atoms with E-state index >= 15 is 0 Å². The minimum Gasteiger partial charge on any atom is -0.492 e. The number of carboxylic acids is 2. The van der Waals surface area contributed by atoms with E-state index in [1.54, 1.807) is 0 Å². The lowest BCUT2D eigenvalue weighted by atomic mass is 9.86. The molecule has 0 aliphatic carbocycles. The Kier molecular flexibility index (Phi) is 9.68. The maximum atomic E-state index is 9.10. The van der Waals surface area contributed by atoms with Crippen LogP contribution >= 0.6 is 0 Å². The zero-order chi connectivity index (χ0) is 18.8. The topological polar surface area (TPSA) is 122 Å². The molecule has 24 heavy (non-hydrogen) atoms. The Balaban J connectivity index is 0.000000754. The second kappa shape index (κ2) is 10.6. The van der Waals surface area contributed by atoms with Crippen LogP contribution in [-0.2, 0) is 15.0 Å². The summed E-state index contributed by atoms with van der Waals surface area (Å²) in [5, 5.41) is 18.0. The quantitative estimate of drug-likeness (QED) is 0.456. The Bertz CT molecular complexity index is 526. The maximum absolute atomic E-state index is 9.10. The maximum Gasteiger partial charge on any atom is 0.414 e. The Morgan fingerprint density at radius 2 is 1.75 bits per heavy atom. The van der Waals surface area contributed by atoms with Crippen LogP contribution in [0.1, 0.15) is 31.9 Å². The third-order valence-electron chi connectivity index (χ3n) is 2.99. The number of benzene rings is 1. The zero-order valence-corrected chi connectivity index (χ0v) is 14.8. The molecular weight excluding hydrogens is 312 g/mol. The van der Waals surface area contributed by atoms with Crippen molar-refractivity contribution < 1.29 is 24.5 Å². The van der Waals surface area contributed by atoms with Crippen molar-refractivity contribution in [2.24, 2.45) is 5.73 Å². The normalized spacial score (nSPS) is 10.5. The zero-order valence-electron chi connectivity index (χ0n) is 14.8. The minimum atomic E-state index is -1.82. The van der Waals surface area contributed by atoms with Crippen molar-refractivity contribution in [3.63, 3.8) is 0 Å². The Morgan fingerprint density at radius 1 is 1.17 bits per heavy atom. The van der Waals surface area contributed by atoms with Crippen molar-refractivity contribution in [2.45, 2.75) is 33.1 Å². The highest BCUT2D eigenvalue weighted by Crippen LogP contribution is 2.31. The number of hydrogen-bond acceptors (Lipinski definition) is 5. The van der Waals surface area contributed by atoms with Crippen LogP contribution in [0.25, 0.3) is 0 Å².